The van der Waals surface area contributed by atoms with Crippen molar-refractivity contribution in [1.29, 1.82) is 0 Å². The fraction of sp³-hybridized carbons (Fsp3) is 0.379. The van der Waals surface area contributed by atoms with Crippen LogP contribution in [0.1, 0.15) is 18.7 Å². The summed E-state index contributed by atoms with van der Waals surface area (Å²) in [6.07, 6.45) is 1.13. The number of benzene rings is 2. The molecule has 2 aliphatic heterocycles. The molecule has 0 aliphatic carbocycles. The molecule has 0 bridgehead atoms. The summed E-state index contributed by atoms with van der Waals surface area (Å²) >= 11 is 0. The van der Waals surface area contributed by atoms with E-state index < -0.39 is 24.5 Å². The summed E-state index contributed by atoms with van der Waals surface area (Å²) in [5.74, 6) is 0.662. The van der Waals surface area contributed by atoms with Gasteiger partial charge in [0.1, 0.15) is 30.0 Å². The Morgan fingerprint density at radius 2 is 1.74 bits per heavy atom. The van der Waals surface area contributed by atoms with Crippen LogP contribution < -0.4 is 5.32 Å². The lowest BCUT2D eigenvalue weighted by molar-refractivity contribution is -0.0295. The fourth-order valence-corrected chi connectivity index (χ4v) is 5.27. The lowest BCUT2D eigenvalue weighted by Crippen LogP contribution is -2.37. The number of morpholine rings is 1. The standard InChI is InChI=1S/C29H33N5O4/c1-19-25(35)26(36)29(38-19)34-17-23(21-5-3-2-4-6-21)24-27(30-18-31-28(24)34)32-22-9-7-20(8-10-22)11-12-33-13-15-37-16-14-33/h2-10,17-19,25-26,29,35-36H,11-16H2,1H3,(H,30,31,32)/t19-,25-,26-,29-/m1/s1. The first-order valence-corrected chi connectivity index (χ1v) is 13.2. The number of rotatable bonds is 7. The summed E-state index contributed by atoms with van der Waals surface area (Å²) in [6, 6.07) is 18.4. The van der Waals surface area contributed by atoms with Crippen molar-refractivity contribution < 1.29 is 19.7 Å². The van der Waals surface area contributed by atoms with Crippen molar-refractivity contribution in [3.8, 4) is 11.1 Å². The number of hydrogen-bond donors (Lipinski definition) is 3. The van der Waals surface area contributed by atoms with Crippen LogP contribution in [0.4, 0.5) is 11.5 Å². The summed E-state index contributed by atoms with van der Waals surface area (Å²) in [4.78, 5) is 11.6. The highest BCUT2D eigenvalue weighted by molar-refractivity contribution is 6.02. The van der Waals surface area contributed by atoms with E-state index in [1.807, 2.05) is 36.5 Å². The van der Waals surface area contributed by atoms with Crippen molar-refractivity contribution in [2.75, 3.05) is 38.2 Å². The summed E-state index contributed by atoms with van der Waals surface area (Å²) in [5.41, 5.74) is 4.73. The Bertz CT molecular complexity index is 1370. The van der Waals surface area contributed by atoms with Crippen LogP contribution in [-0.4, -0.2) is 80.8 Å². The Hall–Kier alpha value is -3.34. The third-order valence-corrected chi connectivity index (χ3v) is 7.48. The number of anilines is 2. The summed E-state index contributed by atoms with van der Waals surface area (Å²) in [5, 5.41) is 25.3. The summed E-state index contributed by atoms with van der Waals surface area (Å²) < 4.78 is 13.2. The average Bonchev–Trinajstić information content (AvgIpc) is 3.47. The molecule has 2 aliphatic rings. The van der Waals surface area contributed by atoms with Gasteiger partial charge in [-0.2, -0.15) is 0 Å². The molecule has 4 atom stereocenters. The van der Waals surface area contributed by atoms with E-state index in [9.17, 15) is 10.2 Å². The molecule has 198 valence electrons. The van der Waals surface area contributed by atoms with Gasteiger partial charge in [0.25, 0.3) is 0 Å². The van der Waals surface area contributed by atoms with Crippen LogP contribution in [0, 0.1) is 0 Å². The van der Waals surface area contributed by atoms with Crippen LogP contribution in [0.5, 0.6) is 0 Å². The highest BCUT2D eigenvalue weighted by Crippen LogP contribution is 2.39. The van der Waals surface area contributed by atoms with Gasteiger partial charge in [0.05, 0.1) is 24.7 Å². The van der Waals surface area contributed by atoms with Crippen molar-refractivity contribution >= 4 is 22.5 Å². The van der Waals surface area contributed by atoms with Crippen molar-refractivity contribution in [2.45, 2.75) is 37.9 Å². The van der Waals surface area contributed by atoms with E-state index in [1.165, 1.54) is 11.9 Å². The number of nitrogens with zero attached hydrogens (tertiary/aromatic N) is 4. The number of aromatic nitrogens is 3. The summed E-state index contributed by atoms with van der Waals surface area (Å²) in [7, 11) is 0. The molecular weight excluding hydrogens is 482 g/mol. The number of fused-ring (bicyclic) bond motifs is 1. The Kier molecular flexibility index (Phi) is 7.10. The van der Waals surface area contributed by atoms with Gasteiger partial charge < -0.3 is 29.6 Å². The molecule has 6 rings (SSSR count). The zero-order valence-electron chi connectivity index (χ0n) is 21.4. The topological polar surface area (TPSA) is 105 Å². The third-order valence-electron chi connectivity index (χ3n) is 7.48. The van der Waals surface area contributed by atoms with Gasteiger partial charge >= 0.3 is 0 Å². The minimum atomic E-state index is -1.07. The number of ether oxygens (including phenoxy) is 2. The molecule has 0 saturated carbocycles. The monoisotopic (exact) mass is 515 g/mol. The molecule has 2 fully saturated rings. The first kappa shape index (κ1) is 25.0. The van der Waals surface area contributed by atoms with Crippen LogP contribution in [0.2, 0.25) is 0 Å². The third kappa shape index (κ3) is 4.91. The zero-order valence-corrected chi connectivity index (χ0v) is 21.4. The number of aliphatic hydroxyl groups is 2. The van der Waals surface area contributed by atoms with Crippen molar-refractivity contribution in [2.24, 2.45) is 0 Å². The fourth-order valence-electron chi connectivity index (χ4n) is 5.27. The molecular formula is C29H33N5O4. The van der Waals surface area contributed by atoms with Gasteiger partial charge in [0, 0.05) is 37.1 Å². The maximum absolute atomic E-state index is 10.7. The SMILES string of the molecule is C[C@H]1O[C@@H](n2cc(-c3ccccc3)c3c(Nc4ccc(CCN5CCOCC5)cc4)ncnc32)[C@H](O)[C@@H]1O. The highest BCUT2D eigenvalue weighted by Gasteiger charge is 2.42. The Morgan fingerprint density at radius 3 is 2.45 bits per heavy atom. The lowest BCUT2D eigenvalue weighted by atomic mass is 10.1. The van der Waals surface area contributed by atoms with Crippen LogP contribution in [0.25, 0.3) is 22.2 Å². The predicted molar refractivity (Wildman–Crippen MR) is 145 cm³/mol. The van der Waals surface area contributed by atoms with Crippen molar-refractivity contribution in [1.82, 2.24) is 19.4 Å². The molecule has 3 N–H and O–H groups in total. The van der Waals surface area contributed by atoms with Crippen molar-refractivity contribution in [3.05, 3.63) is 72.7 Å². The van der Waals surface area contributed by atoms with E-state index in [0.29, 0.717) is 11.5 Å². The molecule has 2 aromatic carbocycles. The van der Waals surface area contributed by atoms with Gasteiger partial charge in [-0.25, -0.2) is 9.97 Å². The van der Waals surface area contributed by atoms with E-state index in [1.54, 1.807) is 11.5 Å². The average molecular weight is 516 g/mol. The second-order valence-corrected chi connectivity index (χ2v) is 9.98. The zero-order chi connectivity index (χ0) is 26.1. The van der Waals surface area contributed by atoms with E-state index in [-0.39, 0.29) is 0 Å². The van der Waals surface area contributed by atoms with E-state index >= 15 is 0 Å². The van der Waals surface area contributed by atoms with Crippen LogP contribution in [-0.2, 0) is 15.9 Å². The first-order valence-electron chi connectivity index (χ1n) is 13.2. The maximum Gasteiger partial charge on any atom is 0.164 e. The Labute approximate surface area is 221 Å². The quantitative estimate of drug-likeness (QED) is 0.344. The van der Waals surface area contributed by atoms with Gasteiger partial charge in [0.15, 0.2) is 6.23 Å². The molecule has 4 heterocycles. The molecule has 0 spiro atoms. The molecule has 0 radical (unpaired) electrons. The number of nitrogens with one attached hydrogen (secondary N) is 1. The van der Waals surface area contributed by atoms with E-state index in [2.05, 4.69) is 44.5 Å². The van der Waals surface area contributed by atoms with Gasteiger partial charge in [-0.05, 0) is 36.6 Å². The molecule has 0 amide bonds. The largest absolute Gasteiger partial charge is 0.388 e. The molecule has 2 saturated heterocycles. The molecule has 38 heavy (non-hydrogen) atoms. The van der Waals surface area contributed by atoms with Crippen LogP contribution >= 0.6 is 0 Å². The molecule has 4 aromatic rings. The Balaban J connectivity index is 1.31. The van der Waals surface area contributed by atoms with Crippen LogP contribution in [0.3, 0.4) is 0 Å². The number of hydrogen-bond acceptors (Lipinski definition) is 8. The highest BCUT2D eigenvalue weighted by atomic mass is 16.6. The molecule has 9 nitrogen and oxygen atoms in total. The van der Waals surface area contributed by atoms with Gasteiger partial charge in [0.2, 0.25) is 0 Å². The Morgan fingerprint density at radius 1 is 0.974 bits per heavy atom. The van der Waals surface area contributed by atoms with Crippen molar-refractivity contribution in [3.63, 3.8) is 0 Å². The first-order chi connectivity index (χ1) is 18.6. The van der Waals surface area contributed by atoms with Gasteiger partial charge in [-0.1, -0.05) is 42.5 Å². The predicted octanol–water partition coefficient (Wildman–Crippen LogP) is 3.36. The molecule has 9 heteroatoms. The minimum Gasteiger partial charge on any atom is -0.388 e. The second kappa shape index (κ2) is 10.8. The maximum atomic E-state index is 10.7. The second-order valence-electron chi connectivity index (χ2n) is 9.98. The lowest BCUT2D eigenvalue weighted by Gasteiger charge is -2.26. The molecule has 2 aromatic heterocycles. The molecule has 0 unspecified atom stereocenters. The van der Waals surface area contributed by atoms with Gasteiger partial charge in [-0.15, -0.1) is 0 Å². The summed E-state index contributed by atoms with van der Waals surface area (Å²) in [6.45, 7) is 6.40. The minimum absolute atomic E-state index is 0.492. The smallest absolute Gasteiger partial charge is 0.164 e. The van der Waals surface area contributed by atoms with Gasteiger partial charge in [-0.3, -0.25) is 4.90 Å². The van der Waals surface area contributed by atoms with E-state index in [4.69, 9.17) is 9.47 Å². The van der Waals surface area contributed by atoms with Crippen LogP contribution in [0.15, 0.2) is 67.1 Å². The normalized spacial score (nSPS) is 24.2. The van der Waals surface area contributed by atoms with E-state index in [0.717, 1.165) is 61.5 Å². The number of aliphatic hydroxyl groups excluding tert-OH is 2.